The van der Waals surface area contributed by atoms with E-state index in [0.717, 1.165) is 17.1 Å². The normalized spacial score (nSPS) is 10.3. The summed E-state index contributed by atoms with van der Waals surface area (Å²) in [5.74, 6) is 0.517. The molecule has 1 amide bonds. The first-order valence-corrected chi connectivity index (χ1v) is 8.71. The van der Waals surface area contributed by atoms with Gasteiger partial charge in [0.1, 0.15) is 5.82 Å². The highest BCUT2D eigenvalue weighted by molar-refractivity contribution is 6.30. The third kappa shape index (κ3) is 5.29. The largest absolute Gasteiger partial charge is 0.370 e. The van der Waals surface area contributed by atoms with Gasteiger partial charge in [0.15, 0.2) is 0 Å². The van der Waals surface area contributed by atoms with Gasteiger partial charge in [-0.1, -0.05) is 29.8 Å². The zero-order valence-electron chi connectivity index (χ0n) is 14.2. The number of carbonyl (C=O) groups is 1. The quantitative estimate of drug-likeness (QED) is 0.668. The number of nitrogens with zero attached hydrogens (tertiary/aromatic N) is 2. The maximum Gasteiger partial charge on any atom is 0.251 e. The second kappa shape index (κ2) is 8.97. The fourth-order valence-electron chi connectivity index (χ4n) is 2.43. The second-order valence-electron chi connectivity index (χ2n) is 5.74. The predicted molar refractivity (Wildman–Crippen MR) is 103 cm³/mol. The van der Waals surface area contributed by atoms with E-state index in [9.17, 15) is 4.79 Å². The lowest BCUT2D eigenvalue weighted by molar-refractivity contribution is 0.0950. The molecule has 0 spiro atoms. The number of pyridine rings is 2. The molecule has 0 unspecified atom stereocenters. The molecule has 0 aliphatic heterocycles. The van der Waals surface area contributed by atoms with Gasteiger partial charge in [-0.05, 0) is 48.4 Å². The van der Waals surface area contributed by atoms with Crippen molar-refractivity contribution in [3.05, 3.63) is 88.8 Å². The summed E-state index contributed by atoms with van der Waals surface area (Å²) in [6, 6.07) is 16.8. The summed E-state index contributed by atoms with van der Waals surface area (Å²) in [5.41, 5.74) is 2.56. The molecule has 132 valence electrons. The van der Waals surface area contributed by atoms with Crippen LogP contribution in [0.1, 0.15) is 21.6 Å². The first kappa shape index (κ1) is 17.9. The molecule has 0 atom stereocenters. The monoisotopic (exact) mass is 366 g/mol. The Balaban J connectivity index is 1.52. The van der Waals surface area contributed by atoms with E-state index in [4.69, 9.17) is 11.6 Å². The fraction of sp³-hybridized carbons (Fsp3) is 0.150. The van der Waals surface area contributed by atoms with E-state index < -0.39 is 0 Å². The van der Waals surface area contributed by atoms with Gasteiger partial charge in [-0.25, -0.2) is 4.98 Å². The molecule has 3 aromatic rings. The molecule has 2 N–H and O–H groups in total. The number of rotatable bonds is 7. The summed E-state index contributed by atoms with van der Waals surface area (Å²) in [6.45, 7) is 1.11. The number of carbonyl (C=O) groups excluding carboxylic acids is 1. The topological polar surface area (TPSA) is 66.9 Å². The third-order valence-electron chi connectivity index (χ3n) is 3.81. The lowest BCUT2D eigenvalue weighted by Crippen LogP contribution is -2.23. The molecule has 0 fully saturated rings. The predicted octanol–water partition coefficient (Wildman–Crippen LogP) is 3.71. The van der Waals surface area contributed by atoms with Crippen molar-refractivity contribution < 1.29 is 4.79 Å². The van der Waals surface area contributed by atoms with Crippen molar-refractivity contribution in [3.8, 4) is 0 Å². The summed E-state index contributed by atoms with van der Waals surface area (Å²) in [6.07, 6.45) is 4.17. The molecule has 1 aromatic carbocycles. The lowest BCUT2D eigenvalue weighted by atomic mass is 10.1. The van der Waals surface area contributed by atoms with Crippen LogP contribution in [0.3, 0.4) is 0 Å². The number of halogens is 1. The van der Waals surface area contributed by atoms with Crippen LogP contribution in [0.2, 0.25) is 5.02 Å². The van der Waals surface area contributed by atoms with E-state index in [2.05, 4.69) is 20.6 Å². The van der Waals surface area contributed by atoms with Crippen LogP contribution >= 0.6 is 11.6 Å². The highest BCUT2D eigenvalue weighted by Gasteiger charge is 2.07. The van der Waals surface area contributed by atoms with Gasteiger partial charge >= 0.3 is 0 Å². The molecular formula is C20H19ClN4O. The van der Waals surface area contributed by atoms with E-state index in [0.29, 0.717) is 24.5 Å². The van der Waals surface area contributed by atoms with Gasteiger partial charge in [0.05, 0.1) is 12.2 Å². The molecule has 0 aliphatic rings. The molecule has 0 bridgehead atoms. The first-order valence-electron chi connectivity index (χ1n) is 8.33. The number of hydrogen-bond acceptors (Lipinski definition) is 4. The molecule has 0 saturated heterocycles. The average molecular weight is 367 g/mol. The molecule has 0 radical (unpaired) electrons. The van der Waals surface area contributed by atoms with Crippen molar-refractivity contribution in [1.29, 1.82) is 0 Å². The van der Waals surface area contributed by atoms with E-state index >= 15 is 0 Å². The number of anilines is 1. The molecule has 0 aliphatic carbocycles. The smallest absolute Gasteiger partial charge is 0.251 e. The van der Waals surface area contributed by atoms with Gasteiger partial charge in [0.2, 0.25) is 0 Å². The molecule has 3 rings (SSSR count). The van der Waals surface area contributed by atoms with Gasteiger partial charge in [0.25, 0.3) is 5.91 Å². The van der Waals surface area contributed by atoms with Crippen LogP contribution in [0.5, 0.6) is 0 Å². The van der Waals surface area contributed by atoms with Crippen LogP contribution in [0.15, 0.2) is 67.0 Å². The minimum Gasteiger partial charge on any atom is -0.370 e. The Labute approximate surface area is 157 Å². The van der Waals surface area contributed by atoms with Crippen LogP contribution < -0.4 is 10.6 Å². The summed E-state index contributed by atoms with van der Waals surface area (Å²) in [7, 11) is 0. The molecule has 2 heterocycles. The van der Waals surface area contributed by atoms with E-state index in [1.807, 2.05) is 42.5 Å². The van der Waals surface area contributed by atoms with Crippen LogP contribution in [0.25, 0.3) is 0 Å². The van der Waals surface area contributed by atoms with Crippen LogP contribution in [-0.4, -0.2) is 22.4 Å². The Hall–Kier alpha value is -2.92. The molecule has 2 aromatic heterocycles. The van der Waals surface area contributed by atoms with Crippen molar-refractivity contribution in [2.24, 2.45) is 0 Å². The number of nitrogens with one attached hydrogen (secondary N) is 2. The second-order valence-corrected chi connectivity index (χ2v) is 6.17. The van der Waals surface area contributed by atoms with Crippen LogP contribution in [0, 0.1) is 0 Å². The van der Waals surface area contributed by atoms with E-state index in [1.54, 1.807) is 24.5 Å². The Morgan fingerprint density at radius 1 is 1.00 bits per heavy atom. The summed E-state index contributed by atoms with van der Waals surface area (Å²) in [5, 5.41) is 6.83. The molecule has 0 saturated carbocycles. The number of hydrogen-bond donors (Lipinski definition) is 2. The first-order chi connectivity index (χ1) is 12.7. The number of aromatic nitrogens is 2. The van der Waals surface area contributed by atoms with Crippen molar-refractivity contribution in [2.45, 2.75) is 13.0 Å². The van der Waals surface area contributed by atoms with Gasteiger partial charge in [-0.2, -0.15) is 0 Å². The molecule has 6 heteroatoms. The SMILES string of the molecule is O=C(NCc1ccccn1)c1ccnc(NCCc2ccc(Cl)cc2)c1. The zero-order chi connectivity index (χ0) is 18.2. The Morgan fingerprint density at radius 2 is 1.85 bits per heavy atom. The zero-order valence-corrected chi connectivity index (χ0v) is 14.9. The van der Waals surface area contributed by atoms with Crippen molar-refractivity contribution in [3.63, 3.8) is 0 Å². The van der Waals surface area contributed by atoms with Gasteiger partial charge < -0.3 is 10.6 Å². The minimum absolute atomic E-state index is 0.154. The average Bonchev–Trinajstić information content (AvgIpc) is 2.69. The Morgan fingerprint density at radius 3 is 2.62 bits per heavy atom. The van der Waals surface area contributed by atoms with E-state index in [1.165, 1.54) is 5.56 Å². The summed E-state index contributed by atoms with van der Waals surface area (Å²) < 4.78 is 0. The molecular weight excluding hydrogens is 348 g/mol. The number of amides is 1. The van der Waals surface area contributed by atoms with Crippen LogP contribution in [-0.2, 0) is 13.0 Å². The number of benzene rings is 1. The summed E-state index contributed by atoms with van der Waals surface area (Å²) in [4.78, 5) is 20.7. The fourth-order valence-corrected chi connectivity index (χ4v) is 2.56. The standard InChI is InChI=1S/C20H19ClN4O/c21-17-6-4-15(5-7-17)8-11-23-19-13-16(9-12-24-19)20(26)25-14-18-3-1-2-10-22-18/h1-7,9-10,12-13H,8,11,14H2,(H,23,24)(H,25,26). The van der Waals surface area contributed by atoms with Crippen molar-refractivity contribution in [1.82, 2.24) is 15.3 Å². The minimum atomic E-state index is -0.154. The van der Waals surface area contributed by atoms with Crippen molar-refractivity contribution in [2.75, 3.05) is 11.9 Å². The maximum atomic E-state index is 12.3. The van der Waals surface area contributed by atoms with Crippen LogP contribution in [0.4, 0.5) is 5.82 Å². The Kier molecular flexibility index (Phi) is 6.17. The highest BCUT2D eigenvalue weighted by atomic mass is 35.5. The van der Waals surface area contributed by atoms with E-state index in [-0.39, 0.29) is 5.91 Å². The third-order valence-corrected chi connectivity index (χ3v) is 4.06. The van der Waals surface area contributed by atoms with Gasteiger partial charge in [-0.15, -0.1) is 0 Å². The maximum absolute atomic E-state index is 12.3. The van der Waals surface area contributed by atoms with Gasteiger partial charge in [-0.3, -0.25) is 9.78 Å². The summed E-state index contributed by atoms with van der Waals surface area (Å²) >= 11 is 5.89. The van der Waals surface area contributed by atoms with Crippen molar-refractivity contribution >= 4 is 23.3 Å². The van der Waals surface area contributed by atoms with Gasteiger partial charge in [0, 0.05) is 29.5 Å². The molecule has 26 heavy (non-hydrogen) atoms. The molecule has 5 nitrogen and oxygen atoms in total. The lowest BCUT2D eigenvalue weighted by Gasteiger charge is -2.08. The Bertz CT molecular complexity index is 853. The highest BCUT2D eigenvalue weighted by Crippen LogP contribution is 2.11.